The SMILES string of the molecule is N[C@@H]1CCc2ccc(O)c(C(=O)O)c21. The van der Waals surface area contributed by atoms with Crippen LogP contribution in [0.15, 0.2) is 12.1 Å². The van der Waals surface area contributed by atoms with E-state index in [1.165, 1.54) is 6.07 Å². The zero-order valence-electron chi connectivity index (χ0n) is 7.53. The molecule has 0 saturated heterocycles. The van der Waals surface area contributed by atoms with Crippen molar-refractivity contribution in [2.24, 2.45) is 5.73 Å². The molecule has 0 bridgehead atoms. The molecule has 1 aromatic carbocycles. The summed E-state index contributed by atoms with van der Waals surface area (Å²) in [4.78, 5) is 10.9. The van der Waals surface area contributed by atoms with Crippen LogP contribution in [0, 0.1) is 0 Å². The number of aryl methyl sites for hydroxylation is 1. The van der Waals surface area contributed by atoms with Gasteiger partial charge in [-0.25, -0.2) is 4.79 Å². The van der Waals surface area contributed by atoms with Crippen LogP contribution in [-0.2, 0) is 6.42 Å². The summed E-state index contributed by atoms with van der Waals surface area (Å²) in [5.41, 5.74) is 7.28. The van der Waals surface area contributed by atoms with Crippen LogP contribution < -0.4 is 5.73 Å². The molecule has 0 spiro atoms. The molecule has 4 heteroatoms. The highest BCUT2D eigenvalue weighted by Gasteiger charge is 2.27. The topological polar surface area (TPSA) is 83.5 Å². The molecule has 1 aliphatic rings. The Balaban J connectivity index is 2.68. The number of rotatable bonds is 1. The lowest BCUT2D eigenvalue weighted by Gasteiger charge is -2.10. The minimum absolute atomic E-state index is 0.0347. The van der Waals surface area contributed by atoms with E-state index in [0.717, 1.165) is 18.4 Å². The van der Waals surface area contributed by atoms with Crippen LogP contribution in [0.3, 0.4) is 0 Å². The van der Waals surface area contributed by atoms with Crippen molar-refractivity contribution in [3.05, 3.63) is 28.8 Å². The predicted molar refractivity (Wildman–Crippen MR) is 50.3 cm³/mol. The Morgan fingerprint density at radius 2 is 2.21 bits per heavy atom. The molecule has 1 aliphatic carbocycles. The number of carbonyl (C=O) groups is 1. The fourth-order valence-electron chi connectivity index (χ4n) is 1.97. The molecular formula is C10H11NO3. The van der Waals surface area contributed by atoms with Gasteiger partial charge in [0.1, 0.15) is 11.3 Å². The quantitative estimate of drug-likeness (QED) is 0.622. The van der Waals surface area contributed by atoms with Crippen LogP contribution in [0.2, 0.25) is 0 Å². The van der Waals surface area contributed by atoms with Crippen molar-refractivity contribution in [2.45, 2.75) is 18.9 Å². The maximum atomic E-state index is 10.9. The van der Waals surface area contributed by atoms with Gasteiger partial charge in [0.2, 0.25) is 0 Å². The Hall–Kier alpha value is -1.55. The number of aromatic carboxylic acids is 1. The molecule has 0 aliphatic heterocycles. The summed E-state index contributed by atoms with van der Waals surface area (Å²) in [7, 11) is 0. The van der Waals surface area contributed by atoms with Crippen molar-refractivity contribution >= 4 is 5.97 Å². The fourth-order valence-corrected chi connectivity index (χ4v) is 1.97. The Bertz CT molecular complexity index is 401. The average molecular weight is 193 g/mol. The summed E-state index contributed by atoms with van der Waals surface area (Å²) in [5, 5.41) is 18.4. The van der Waals surface area contributed by atoms with E-state index in [9.17, 15) is 9.90 Å². The molecule has 1 aromatic rings. The molecule has 0 unspecified atom stereocenters. The van der Waals surface area contributed by atoms with Crippen LogP contribution >= 0.6 is 0 Å². The predicted octanol–water partition coefficient (Wildman–Crippen LogP) is 1.04. The van der Waals surface area contributed by atoms with Gasteiger partial charge in [-0.3, -0.25) is 0 Å². The van der Waals surface area contributed by atoms with Crippen LogP contribution in [0.1, 0.15) is 33.9 Å². The number of benzene rings is 1. The number of fused-ring (bicyclic) bond motifs is 1. The highest BCUT2D eigenvalue weighted by molar-refractivity contribution is 5.93. The minimum atomic E-state index is -1.11. The summed E-state index contributed by atoms with van der Waals surface area (Å²) in [6.45, 7) is 0. The second kappa shape index (κ2) is 2.99. The van der Waals surface area contributed by atoms with Crippen molar-refractivity contribution in [1.29, 1.82) is 0 Å². The lowest BCUT2D eigenvalue weighted by molar-refractivity contribution is 0.0692. The van der Waals surface area contributed by atoms with E-state index in [1.807, 2.05) is 0 Å². The first kappa shape index (κ1) is 9.02. The van der Waals surface area contributed by atoms with E-state index in [2.05, 4.69) is 0 Å². The summed E-state index contributed by atoms with van der Waals surface area (Å²) in [6, 6.07) is 2.90. The van der Waals surface area contributed by atoms with Crippen molar-refractivity contribution in [1.82, 2.24) is 0 Å². The standard InChI is InChI=1S/C10H11NO3/c11-6-3-1-5-2-4-7(12)9(8(5)6)10(13)14/h2,4,6,12H,1,3,11H2,(H,13,14)/t6-/m1/s1. The van der Waals surface area contributed by atoms with Crippen molar-refractivity contribution in [3.63, 3.8) is 0 Å². The molecule has 2 rings (SSSR count). The van der Waals surface area contributed by atoms with E-state index >= 15 is 0 Å². The normalized spacial score (nSPS) is 19.4. The number of hydrogen-bond acceptors (Lipinski definition) is 3. The number of aromatic hydroxyl groups is 1. The lowest BCUT2D eigenvalue weighted by Crippen LogP contribution is -2.11. The summed E-state index contributed by atoms with van der Waals surface area (Å²) >= 11 is 0. The summed E-state index contributed by atoms with van der Waals surface area (Å²) < 4.78 is 0. The van der Waals surface area contributed by atoms with Gasteiger partial charge in [0, 0.05) is 6.04 Å². The third kappa shape index (κ3) is 1.15. The van der Waals surface area contributed by atoms with Crippen LogP contribution in [-0.4, -0.2) is 16.2 Å². The molecule has 14 heavy (non-hydrogen) atoms. The molecule has 4 N–H and O–H groups in total. The molecule has 0 amide bonds. The van der Waals surface area contributed by atoms with Crippen LogP contribution in [0.5, 0.6) is 5.75 Å². The van der Waals surface area contributed by atoms with Crippen molar-refractivity contribution in [3.8, 4) is 5.75 Å². The summed E-state index contributed by atoms with van der Waals surface area (Å²) in [5.74, 6) is -1.31. The van der Waals surface area contributed by atoms with Gasteiger partial charge in [-0.15, -0.1) is 0 Å². The molecule has 0 saturated carbocycles. The van der Waals surface area contributed by atoms with Gasteiger partial charge < -0.3 is 15.9 Å². The molecule has 74 valence electrons. The first-order chi connectivity index (χ1) is 6.61. The Morgan fingerprint density at radius 1 is 1.50 bits per heavy atom. The van der Waals surface area contributed by atoms with Gasteiger partial charge in [0.05, 0.1) is 0 Å². The second-order valence-corrected chi connectivity index (χ2v) is 3.48. The highest BCUT2D eigenvalue weighted by atomic mass is 16.4. The monoisotopic (exact) mass is 193 g/mol. The number of nitrogens with two attached hydrogens (primary N) is 1. The summed E-state index contributed by atoms with van der Waals surface area (Å²) in [6.07, 6.45) is 1.54. The Kier molecular flexibility index (Phi) is 1.93. The first-order valence-corrected chi connectivity index (χ1v) is 4.45. The smallest absolute Gasteiger partial charge is 0.339 e. The molecular weight excluding hydrogens is 182 g/mol. The van der Waals surface area contributed by atoms with Gasteiger partial charge in [-0.05, 0) is 30.0 Å². The van der Waals surface area contributed by atoms with Gasteiger partial charge in [0.15, 0.2) is 0 Å². The van der Waals surface area contributed by atoms with Crippen LogP contribution in [0.4, 0.5) is 0 Å². The zero-order chi connectivity index (χ0) is 10.3. The van der Waals surface area contributed by atoms with E-state index < -0.39 is 5.97 Å². The second-order valence-electron chi connectivity index (χ2n) is 3.48. The first-order valence-electron chi connectivity index (χ1n) is 4.45. The molecule has 0 heterocycles. The zero-order valence-corrected chi connectivity index (χ0v) is 7.53. The maximum absolute atomic E-state index is 10.9. The number of phenols is 1. The van der Waals surface area contributed by atoms with Gasteiger partial charge >= 0.3 is 5.97 Å². The number of carboxylic acid groups (broad SMARTS) is 1. The van der Waals surface area contributed by atoms with Crippen molar-refractivity contribution < 1.29 is 15.0 Å². The van der Waals surface area contributed by atoms with Gasteiger partial charge in [-0.1, -0.05) is 6.07 Å². The lowest BCUT2D eigenvalue weighted by atomic mass is 10.0. The molecule has 0 fully saturated rings. The third-order valence-electron chi connectivity index (χ3n) is 2.62. The molecule has 0 aromatic heterocycles. The Morgan fingerprint density at radius 3 is 2.86 bits per heavy atom. The van der Waals surface area contributed by atoms with E-state index in [4.69, 9.17) is 10.8 Å². The third-order valence-corrected chi connectivity index (χ3v) is 2.62. The molecule has 4 nitrogen and oxygen atoms in total. The van der Waals surface area contributed by atoms with E-state index in [1.54, 1.807) is 6.07 Å². The molecule has 0 radical (unpaired) electrons. The minimum Gasteiger partial charge on any atom is -0.507 e. The number of hydrogen-bond donors (Lipinski definition) is 3. The van der Waals surface area contributed by atoms with E-state index in [0.29, 0.717) is 5.56 Å². The largest absolute Gasteiger partial charge is 0.507 e. The van der Waals surface area contributed by atoms with Crippen molar-refractivity contribution in [2.75, 3.05) is 0 Å². The molecule has 1 atom stereocenters. The van der Waals surface area contributed by atoms with E-state index in [-0.39, 0.29) is 17.4 Å². The maximum Gasteiger partial charge on any atom is 0.339 e. The number of carboxylic acids is 1. The highest BCUT2D eigenvalue weighted by Crippen LogP contribution is 2.36. The Labute approximate surface area is 81.0 Å². The average Bonchev–Trinajstić information content (AvgIpc) is 2.47. The van der Waals surface area contributed by atoms with Crippen LogP contribution in [0.25, 0.3) is 0 Å². The fraction of sp³-hybridized carbons (Fsp3) is 0.300. The van der Waals surface area contributed by atoms with Gasteiger partial charge in [-0.2, -0.15) is 0 Å². The van der Waals surface area contributed by atoms with Gasteiger partial charge in [0.25, 0.3) is 0 Å².